The van der Waals surface area contributed by atoms with E-state index in [1.807, 2.05) is 0 Å². The summed E-state index contributed by atoms with van der Waals surface area (Å²) in [5, 5.41) is 6.47. The van der Waals surface area contributed by atoms with Gasteiger partial charge < -0.3 is 19.5 Å². The largest absolute Gasteiger partial charge is 0.379 e. The van der Waals surface area contributed by atoms with Crippen LogP contribution in [-0.2, 0) is 14.3 Å². The van der Waals surface area contributed by atoms with Crippen LogP contribution in [-0.4, -0.2) is 72.7 Å². The van der Waals surface area contributed by atoms with Crippen LogP contribution in [0.3, 0.4) is 0 Å². The Morgan fingerprint density at radius 2 is 2.00 bits per heavy atom. The zero-order chi connectivity index (χ0) is 20.2. The van der Waals surface area contributed by atoms with Crippen molar-refractivity contribution in [3.63, 3.8) is 0 Å². The van der Waals surface area contributed by atoms with Crippen LogP contribution in [0.15, 0.2) is 10.6 Å². The molecule has 0 atom stereocenters. The van der Waals surface area contributed by atoms with Crippen molar-refractivity contribution in [2.75, 3.05) is 51.3 Å². The smallest absolute Gasteiger partial charge is 0.245 e. The summed E-state index contributed by atoms with van der Waals surface area (Å²) in [6.07, 6.45) is 5.53. The lowest BCUT2D eigenvalue weighted by molar-refractivity contribution is -0.135. The van der Waals surface area contributed by atoms with Crippen molar-refractivity contribution in [2.24, 2.45) is 0 Å². The lowest BCUT2D eigenvalue weighted by atomic mass is 10.1. The minimum atomic E-state index is -0.249. The number of unbranched alkanes of at least 4 members (excludes halogenated alkanes) is 3. The second-order valence-corrected chi connectivity index (χ2v) is 7.30. The molecule has 0 bridgehead atoms. The molecule has 1 aliphatic rings. The molecule has 0 unspecified atom stereocenters. The fraction of sp³-hybridized carbons (Fsp3) is 0.750. The summed E-state index contributed by atoms with van der Waals surface area (Å²) in [7, 11) is 0. The van der Waals surface area contributed by atoms with Crippen molar-refractivity contribution in [3.8, 4) is 0 Å². The first-order valence-corrected chi connectivity index (χ1v) is 10.4. The summed E-state index contributed by atoms with van der Waals surface area (Å²) in [5.41, 5.74) is 0. The lowest BCUT2D eigenvalue weighted by Crippen LogP contribution is -2.41. The molecule has 1 aromatic heterocycles. The Balaban J connectivity index is 1.82. The van der Waals surface area contributed by atoms with E-state index in [1.165, 1.54) is 0 Å². The number of hydrogen-bond acceptors (Lipinski definition) is 6. The SMILES string of the molecule is CCCCCCC(=O)N(CCCN1CCOCC1)CC(=O)Nc1cc(C)on1. The Bertz CT molecular complexity index is 599. The number of ether oxygens (including phenoxy) is 1. The number of anilines is 1. The maximum Gasteiger partial charge on any atom is 0.245 e. The third-order valence-corrected chi connectivity index (χ3v) is 4.83. The van der Waals surface area contributed by atoms with E-state index in [2.05, 4.69) is 22.3 Å². The van der Waals surface area contributed by atoms with Crippen molar-refractivity contribution < 1.29 is 18.8 Å². The number of nitrogens with zero attached hydrogens (tertiary/aromatic N) is 3. The van der Waals surface area contributed by atoms with Crippen LogP contribution in [0.2, 0.25) is 0 Å². The molecular weight excluding hydrogens is 360 g/mol. The monoisotopic (exact) mass is 394 g/mol. The maximum atomic E-state index is 12.7. The summed E-state index contributed by atoms with van der Waals surface area (Å²) < 4.78 is 10.3. The summed E-state index contributed by atoms with van der Waals surface area (Å²) >= 11 is 0. The first-order chi connectivity index (χ1) is 13.6. The summed E-state index contributed by atoms with van der Waals surface area (Å²) in [4.78, 5) is 29.0. The van der Waals surface area contributed by atoms with Gasteiger partial charge in [0.05, 0.1) is 19.8 Å². The molecule has 0 aliphatic carbocycles. The highest BCUT2D eigenvalue weighted by molar-refractivity contribution is 5.93. The average molecular weight is 395 g/mol. The third-order valence-electron chi connectivity index (χ3n) is 4.83. The molecule has 28 heavy (non-hydrogen) atoms. The molecular formula is C20H34N4O4. The first-order valence-electron chi connectivity index (χ1n) is 10.4. The molecule has 0 radical (unpaired) electrons. The van der Waals surface area contributed by atoms with Gasteiger partial charge in [-0.05, 0) is 19.8 Å². The molecule has 1 aliphatic heterocycles. The fourth-order valence-electron chi connectivity index (χ4n) is 3.24. The zero-order valence-corrected chi connectivity index (χ0v) is 17.2. The molecule has 158 valence electrons. The van der Waals surface area contributed by atoms with Crippen molar-refractivity contribution >= 4 is 17.6 Å². The topological polar surface area (TPSA) is 87.9 Å². The van der Waals surface area contributed by atoms with Gasteiger partial charge in [-0.3, -0.25) is 14.5 Å². The molecule has 2 heterocycles. The summed E-state index contributed by atoms with van der Waals surface area (Å²) in [5.74, 6) is 0.807. The normalized spacial score (nSPS) is 14.8. The van der Waals surface area contributed by atoms with E-state index in [0.717, 1.165) is 65.0 Å². The number of aryl methyl sites for hydroxylation is 1. The number of rotatable bonds is 12. The van der Waals surface area contributed by atoms with Gasteiger partial charge in [-0.1, -0.05) is 31.3 Å². The molecule has 1 aromatic rings. The number of nitrogens with one attached hydrogen (secondary N) is 1. The van der Waals surface area contributed by atoms with Gasteiger partial charge in [0.2, 0.25) is 11.8 Å². The standard InChI is InChI=1S/C20H34N4O4/c1-3-4-5-6-8-20(26)24(10-7-9-23-11-13-27-14-12-23)16-19(25)21-18-15-17(2)28-22-18/h15H,3-14,16H2,1-2H3,(H,21,22,25). The van der Waals surface area contributed by atoms with Crippen molar-refractivity contribution in [1.82, 2.24) is 15.0 Å². The molecule has 0 spiro atoms. The number of morpholine rings is 1. The molecule has 1 fully saturated rings. The Morgan fingerprint density at radius 3 is 2.68 bits per heavy atom. The summed E-state index contributed by atoms with van der Waals surface area (Å²) in [6, 6.07) is 1.66. The van der Waals surface area contributed by atoms with Crippen molar-refractivity contribution in [2.45, 2.75) is 52.4 Å². The zero-order valence-electron chi connectivity index (χ0n) is 17.2. The lowest BCUT2D eigenvalue weighted by Gasteiger charge is -2.28. The molecule has 0 aromatic carbocycles. The predicted molar refractivity (Wildman–Crippen MR) is 107 cm³/mol. The van der Waals surface area contributed by atoms with Crippen LogP contribution in [0, 0.1) is 6.92 Å². The third kappa shape index (κ3) is 8.39. The molecule has 2 amide bonds. The number of aromatic nitrogens is 1. The molecule has 8 heteroatoms. The van der Waals surface area contributed by atoms with E-state index in [9.17, 15) is 9.59 Å². The molecule has 8 nitrogen and oxygen atoms in total. The highest BCUT2D eigenvalue weighted by Gasteiger charge is 2.18. The minimum absolute atomic E-state index is 0.0433. The van der Waals surface area contributed by atoms with E-state index < -0.39 is 0 Å². The quantitative estimate of drug-likeness (QED) is 0.548. The van der Waals surface area contributed by atoms with Crippen LogP contribution in [0.1, 0.15) is 51.2 Å². The number of carbonyl (C=O) groups excluding carboxylic acids is 2. The van der Waals surface area contributed by atoms with Crippen LogP contribution in [0.5, 0.6) is 0 Å². The van der Waals surface area contributed by atoms with E-state index in [0.29, 0.717) is 24.5 Å². The minimum Gasteiger partial charge on any atom is -0.379 e. The van der Waals surface area contributed by atoms with Crippen LogP contribution >= 0.6 is 0 Å². The van der Waals surface area contributed by atoms with Gasteiger partial charge in [-0.25, -0.2) is 0 Å². The number of carbonyl (C=O) groups is 2. The number of amides is 2. The fourth-order valence-corrected chi connectivity index (χ4v) is 3.24. The molecule has 0 saturated carbocycles. The van der Waals surface area contributed by atoms with Crippen LogP contribution in [0.4, 0.5) is 5.82 Å². The van der Waals surface area contributed by atoms with Crippen LogP contribution < -0.4 is 5.32 Å². The van der Waals surface area contributed by atoms with Gasteiger partial charge in [0.15, 0.2) is 5.82 Å². The van der Waals surface area contributed by atoms with Gasteiger partial charge in [0.1, 0.15) is 5.76 Å². The van der Waals surface area contributed by atoms with Gasteiger partial charge in [-0.15, -0.1) is 0 Å². The van der Waals surface area contributed by atoms with Crippen molar-refractivity contribution in [3.05, 3.63) is 11.8 Å². The molecule has 1 N–H and O–H groups in total. The Labute approximate surface area is 167 Å². The second kappa shape index (κ2) is 12.5. The van der Waals surface area contributed by atoms with Gasteiger partial charge in [-0.2, -0.15) is 0 Å². The van der Waals surface area contributed by atoms with Crippen molar-refractivity contribution in [1.29, 1.82) is 0 Å². The Kier molecular flexibility index (Phi) is 9.99. The highest BCUT2D eigenvalue weighted by Crippen LogP contribution is 2.09. The summed E-state index contributed by atoms with van der Waals surface area (Å²) in [6.45, 7) is 8.83. The Hall–Kier alpha value is -1.93. The van der Waals surface area contributed by atoms with E-state index in [-0.39, 0.29) is 18.4 Å². The van der Waals surface area contributed by atoms with E-state index in [4.69, 9.17) is 9.26 Å². The average Bonchev–Trinajstić information content (AvgIpc) is 3.09. The number of hydrogen-bond donors (Lipinski definition) is 1. The maximum absolute atomic E-state index is 12.7. The second-order valence-electron chi connectivity index (χ2n) is 7.30. The highest BCUT2D eigenvalue weighted by atomic mass is 16.5. The van der Waals surface area contributed by atoms with Gasteiger partial charge in [0, 0.05) is 38.7 Å². The molecule has 2 rings (SSSR count). The molecule has 1 saturated heterocycles. The Morgan fingerprint density at radius 1 is 1.21 bits per heavy atom. The van der Waals surface area contributed by atoms with E-state index in [1.54, 1.807) is 17.9 Å². The van der Waals surface area contributed by atoms with E-state index >= 15 is 0 Å². The van der Waals surface area contributed by atoms with Gasteiger partial charge >= 0.3 is 0 Å². The predicted octanol–water partition coefficient (Wildman–Crippen LogP) is 2.44. The first kappa shape index (κ1) is 22.4. The van der Waals surface area contributed by atoms with Gasteiger partial charge in [0.25, 0.3) is 0 Å². The van der Waals surface area contributed by atoms with Crippen LogP contribution in [0.25, 0.3) is 0 Å².